The summed E-state index contributed by atoms with van der Waals surface area (Å²) in [6, 6.07) is 0. The second-order valence-electron chi connectivity index (χ2n) is 7.51. The molecule has 2 nitrogen and oxygen atoms in total. The Morgan fingerprint density at radius 2 is 2.11 bits per heavy atom. The molecule has 1 saturated carbocycles. The van der Waals surface area contributed by atoms with Crippen LogP contribution < -0.4 is 5.32 Å². The number of nitrogens with one attached hydrogen (secondary N) is 1. The summed E-state index contributed by atoms with van der Waals surface area (Å²) >= 11 is 0. The highest BCUT2D eigenvalue weighted by Crippen LogP contribution is 2.46. The molecule has 3 unspecified atom stereocenters. The zero-order valence-electron chi connectivity index (χ0n) is 13.2. The van der Waals surface area contributed by atoms with Gasteiger partial charge in [0.05, 0.1) is 0 Å². The van der Waals surface area contributed by atoms with Crippen molar-refractivity contribution in [1.82, 2.24) is 5.32 Å². The van der Waals surface area contributed by atoms with E-state index >= 15 is 0 Å². The van der Waals surface area contributed by atoms with Crippen LogP contribution in [-0.4, -0.2) is 26.3 Å². The molecule has 2 aliphatic rings. The zero-order valence-corrected chi connectivity index (χ0v) is 13.2. The first-order valence-electron chi connectivity index (χ1n) is 8.41. The fraction of sp³-hybridized carbons (Fsp3) is 1.00. The summed E-state index contributed by atoms with van der Waals surface area (Å²) in [5.41, 5.74) is 0.545. The Kier molecular flexibility index (Phi) is 5.70. The van der Waals surface area contributed by atoms with Gasteiger partial charge in [-0.15, -0.1) is 0 Å². The van der Waals surface area contributed by atoms with Crippen molar-refractivity contribution in [2.24, 2.45) is 23.2 Å². The molecule has 0 aromatic carbocycles. The Morgan fingerprint density at radius 1 is 1.26 bits per heavy atom. The molecular weight excluding hydrogens is 234 g/mol. The fourth-order valence-electron chi connectivity index (χ4n) is 4.07. The van der Waals surface area contributed by atoms with Gasteiger partial charge in [-0.2, -0.15) is 0 Å². The van der Waals surface area contributed by atoms with Crippen LogP contribution in [0.1, 0.15) is 59.3 Å². The maximum atomic E-state index is 5.76. The van der Waals surface area contributed by atoms with E-state index in [0.717, 1.165) is 31.0 Å². The van der Waals surface area contributed by atoms with Crippen LogP contribution in [0.4, 0.5) is 0 Å². The number of ether oxygens (including phenoxy) is 1. The molecule has 0 radical (unpaired) electrons. The second kappa shape index (κ2) is 7.08. The first-order valence-corrected chi connectivity index (χ1v) is 8.41. The number of hydrogen-bond acceptors (Lipinski definition) is 2. The van der Waals surface area contributed by atoms with Crippen LogP contribution in [0, 0.1) is 23.2 Å². The van der Waals surface area contributed by atoms with Gasteiger partial charge < -0.3 is 10.1 Å². The lowest BCUT2D eigenvalue weighted by molar-refractivity contribution is -0.0149. The summed E-state index contributed by atoms with van der Waals surface area (Å²) in [6.07, 6.45) is 8.12. The summed E-state index contributed by atoms with van der Waals surface area (Å²) in [4.78, 5) is 0. The van der Waals surface area contributed by atoms with Gasteiger partial charge in [-0.3, -0.25) is 0 Å². The van der Waals surface area contributed by atoms with Crippen molar-refractivity contribution in [3.8, 4) is 0 Å². The van der Waals surface area contributed by atoms with Gasteiger partial charge in [-0.25, -0.2) is 0 Å². The van der Waals surface area contributed by atoms with E-state index in [0.29, 0.717) is 5.41 Å². The van der Waals surface area contributed by atoms with Crippen molar-refractivity contribution in [3.63, 3.8) is 0 Å². The fourth-order valence-corrected chi connectivity index (χ4v) is 4.07. The highest BCUT2D eigenvalue weighted by molar-refractivity contribution is 4.89. The Bertz CT molecular complexity index is 258. The van der Waals surface area contributed by atoms with Gasteiger partial charge in [0.2, 0.25) is 0 Å². The average Bonchev–Trinajstić information content (AvgIpc) is 2.41. The van der Waals surface area contributed by atoms with Crippen LogP contribution in [-0.2, 0) is 4.74 Å². The summed E-state index contributed by atoms with van der Waals surface area (Å²) in [7, 11) is 0. The van der Waals surface area contributed by atoms with E-state index in [9.17, 15) is 0 Å². The van der Waals surface area contributed by atoms with Crippen molar-refractivity contribution < 1.29 is 4.74 Å². The van der Waals surface area contributed by atoms with Gasteiger partial charge in [0.15, 0.2) is 0 Å². The van der Waals surface area contributed by atoms with E-state index in [2.05, 4.69) is 26.1 Å². The molecule has 2 fully saturated rings. The lowest BCUT2D eigenvalue weighted by Crippen LogP contribution is -2.41. The second-order valence-corrected chi connectivity index (χ2v) is 7.51. The molecule has 1 aliphatic carbocycles. The van der Waals surface area contributed by atoms with Crippen molar-refractivity contribution in [1.29, 1.82) is 0 Å². The van der Waals surface area contributed by atoms with Crippen LogP contribution in [0.3, 0.4) is 0 Å². The SMILES string of the molecule is CCCNCC1CCC(C)(C)CC1C1CCCOC1. The first-order chi connectivity index (χ1) is 9.12. The minimum absolute atomic E-state index is 0.545. The molecule has 0 amide bonds. The first kappa shape index (κ1) is 15.3. The normalized spacial score (nSPS) is 35.2. The maximum Gasteiger partial charge on any atom is 0.0497 e. The van der Waals surface area contributed by atoms with Crippen LogP contribution >= 0.6 is 0 Å². The maximum absolute atomic E-state index is 5.76. The minimum atomic E-state index is 0.545. The van der Waals surface area contributed by atoms with Crippen molar-refractivity contribution in [2.45, 2.75) is 59.3 Å². The molecule has 1 N–H and O–H groups in total. The third kappa shape index (κ3) is 4.46. The molecule has 2 rings (SSSR count). The monoisotopic (exact) mass is 267 g/mol. The summed E-state index contributed by atoms with van der Waals surface area (Å²) < 4.78 is 5.76. The van der Waals surface area contributed by atoms with E-state index in [-0.39, 0.29) is 0 Å². The lowest BCUT2D eigenvalue weighted by Gasteiger charge is -2.45. The van der Waals surface area contributed by atoms with E-state index in [1.807, 2.05) is 0 Å². The van der Waals surface area contributed by atoms with Crippen LogP contribution in [0.15, 0.2) is 0 Å². The molecule has 2 heteroatoms. The van der Waals surface area contributed by atoms with Gasteiger partial charge in [0.1, 0.15) is 0 Å². The molecule has 0 aromatic heterocycles. The highest BCUT2D eigenvalue weighted by Gasteiger charge is 2.39. The number of hydrogen-bond donors (Lipinski definition) is 1. The topological polar surface area (TPSA) is 21.3 Å². The smallest absolute Gasteiger partial charge is 0.0497 e. The summed E-state index contributed by atoms with van der Waals surface area (Å²) in [6.45, 7) is 11.6. The molecular formula is C17H33NO. The zero-order chi connectivity index (χ0) is 13.7. The van der Waals surface area contributed by atoms with E-state index < -0.39 is 0 Å². The Labute approximate surface area is 119 Å². The molecule has 0 bridgehead atoms. The predicted molar refractivity (Wildman–Crippen MR) is 81.3 cm³/mol. The third-order valence-electron chi connectivity index (χ3n) is 5.22. The van der Waals surface area contributed by atoms with E-state index in [1.165, 1.54) is 51.6 Å². The molecule has 0 aromatic rings. The van der Waals surface area contributed by atoms with Crippen LogP contribution in [0.5, 0.6) is 0 Å². The molecule has 1 aliphatic heterocycles. The van der Waals surface area contributed by atoms with Gasteiger partial charge in [-0.1, -0.05) is 20.8 Å². The minimum Gasteiger partial charge on any atom is -0.381 e. The van der Waals surface area contributed by atoms with Gasteiger partial charge >= 0.3 is 0 Å². The molecule has 112 valence electrons. The Morgan fingerprint density at radius 3 is 2.79 bits per heavy atom. The van der Waals surface area contributed by atoms with Gasteiger partial charge in [0.25, 0.3) is 0 Å². The number of rotatable bonds is 5. The Hall–Kier alpha value is -0.0800. The molecule has 3 atom stereocenters. The van der Waals surface area contributed by atoms with Crippen molar-refractivity contribution >= 4 is 0 Å². The van der Waals surface area contributed by atoms with Crippen LogP contribution in [0.25, 0.3) is 0 Å². The standard InChI is InChI=1S/C17H33NO/c1-4-9-18-12-14-7-8-17(2,3)11-16(14)15-6-5-10-19-13-15/h14-16,18H,4-13H2,1-3H3. The highest BCUT2D eigenvalue weighted by atomic mass is 16.5. The third-order valence-corrected chi connectivity index (χ3v) is 5.22. The molecule has 19 heavy (non-hydrogen) atoms. The van der Waals surface area contributed by atoms with Gasteiger partial charge in [-0.05, 0) is 74.8 Å². The van der Waals surface area contributed by atoms with Gasteiger partial charge in [0, 0.05) is 13.2 Å². The quantitative estimate of drug-likeness (QED) is 0.764. The lowest BCUT2D eigenvalue weighted by atomic mass is 9.62. The molecule has 1 saturated heterocycles. The van der Waals surface area contributed by atoms with Crippen LogP contribution in [0.2, 0.25) is 0 Å². The predicted octanol–water partition coefficient (Wildman–Crippen LogP) is 3.86. The van der Waals surface area contributed by atoms with E-state index in [1.54, 1.807) is 0 Å². The molecule has 0 spiro atoms. The summed E-state index contributed by atoms with van der Waals surface area (Å²) in [5.74, 6) is 2.58. The molecule has 1 heterocycles. The van der Waals surface area contributed by atoms with E-state index in [4.69, 9.17) is 4.74 Å². The largest absolute Gasteiger partial charge is 0.381 e. The summed E-state index contributed by atoms with van der Waals surface area (Å²) in [5, 5.41) is 3.66. The Balaban J connectivity index is 1.94. The average molecular weight is 267 g/mol. The van der Waals surface area contributed by atoms with Crippen molar-refractivity contribution in [2.75, 3.05) is 26.3 Å². The van der Waals surface area contributed by atoms with Crippen molar-refractivity contribution in [3.05, 3.63) is 0 Å².